The van der Waals surface area contributed by atoms with Crippen LogP contribution in [0.5, 0.6) is 0 Å². The van der Waals surface area contributed by atoms with Crippen LogP contribution in [0.2, 0.25) is 0 Å². The highest BCUT2D eigenvalue weighted by molar-refractivity contribution is 5.80. The molecular formula is C22H26FN3O2. The molecule has 1 heterocycles. The first-order valence-corrected chi connectivity index (χ1v) is 9.53. The molecule has 2 aromatic carbocycles. The zero-order chi connectivity index (χ0) is 20.1. The molecule has 1 fully saturated rings. The van der Waals surface area contributed by atoms with Crippen LogP contribution in [-0.4, -0.2) is 48.3 Å². The van der Waals surface area contributed by atoms with Crippen LogP contribution in [-0.2, 0) is 9.59 Å². The number of carbonyl (C=O) groups is 2. The third-order valence-corrected chi connectivity index (χ3v) is 5.38. The van der Waals surface area contributed by atoms with E-state index in [1.807, 2.05) is 42.3 Å². The van der Waals surface area contributed by atoms with Crippen molar-refractivity contribution in [2.45, 2.75) is 18.9 Å². The molecular weight excluding hydrogens is 357 g/mol. The number of benzene rings is 2. The minimum absolute atomic E-state index is 0.0217. The molecule has 2 amide bonds. The van der Waals surface area contributed by atoms with Crippen molar-refractivity contribution in [2.24, 2.45) is 11.7 Å². The Morgan fingerprint density at radius 3 is 2.21 bits per heavy atom. The van der Waals surface area contributed by atoms with Gasteiger partial charge in [-0.05, 0) is 43.1 Å². The van der Waals surface area contributed by atoms with Crippen molar-refractivity contribution in [1.82, 2.24) is 9.80 Å². The first kappa shape index (κ1) is 20.0. The molecule has 0 aromatic heterocycles. The summed E-state index contributed by atoms with van der Waals surface area (Å²) < 4.78 is 13.4. The van der Waals surface area contributed by atoms with Crippen LogP contribution in [0, 0.1) is 11.7 Å². The van der Waals surface area contributed by atoms with Gasteiger partial charge in [-0.2, -0.15) is 0 Å². The van der Waals surface area contributed by atoms with Crippen LogP contribution in [0.3, 0.4) is 0 Å². The van der Waals surface area contributed by atoms with E-state index in [2.05, 4.69) is 0 Å². The summed E-state index contributed by atoms with van der Waals surface area (Å²) in [5.41, 5.74) is 7.34. The Morgan fingerprint density at radius 1 is 1.07 bits per heavy atom. The molecule has 0 saturated carbocycles. The molecule has 1 atom stereocenters. The third-order valence-electron chi connectivity index (χ3n) is 5.38. The monoisotopic (exact) mass is 383 g/mol. The van der Waals surface area contributed by atoms with Crippen molar-refractivity contribution in [3.63, 3.8) is 0 Å². The Hall–Kier alpha value is -2.73. The lowest BCUT2D eigenvalue weighted by molar-refractivity contribution is -0.135. The maximum Gasteiger partial charge on any atom is 0.236 e. The zero-order valence-corrected chi connectivity index (χ0v) is 16.1. The predicted molar refractivity (Wildman–Crippen MR) is 106 cm³/mol. The first-order valence-electron chi connectivity index (χ1n) is 9.53. The number of amides is 2. The van der Waals surface area contributed by atoms with Crippen LogP contribution < -0.4 is 5.73 Å². The molecule has 0 aliphatic carbocycles. The maximum atomic E-state index is 13.4. The largest absolute Gasteiger partial charge is 0.369 e. The van der Waals surface area contributed by atoms with Crippen LogP contribution in [0.4, 0.5) is 4.39 Å². The summed E-state index contributed by atoms with van der Waals surface area (Å²) in [7, 11) is 1.90. The van der Waals surface area contributed by atoms with Gasteiger partial charge in [0.1, 0.15) is 5.82 Å². The second kappa shape index (κ2) is 8.97. The SMILES string of the molecule is CN(CC(=O)N1CCC(C(N)=O)CC1)C(c1ccccc1)c1ccc(F)cc1. The summed E-state index contributed by atoms with van der Waals surface area (Å²) in [6, 6.07) is 16.1. The standard InChI is InChI=1S/C22H26FN3O2/c1-25(15-20(27)26-13-11-18(12-14-26)22(24)28)21(16-5-3-2-4-6-16)17-7-9-19(23)10-8-17/h2-10,18,21H,11-15H2,1H3,(H2,24,28). The second-order valence-corrected chi connectivity index (χ2v) is 7.34. The van der Waals surface area contributed by atoms with Crippen LogP contribution >= 0.6 is 0 Å². The van der Waals surface area contributed by atoms with Gasteiger partial charge in [-0.15, -0.1) is 0 Å². The lowest BCUT2D eigenvalue weighted by Gasteiger charge is -2.34. The van der Waals surface area contributed by atoms with Crippen LogP contribution in [0.15, 0.2) is 54.6 Å². The molecule has 1 aliphatic heterocycles. The summed E-state index contributed by atoms with van der Waals surface area (Å²) >= 11 is 0. The summed E-state index contributed by atoms with van der Waals surface area (Å²) in [5.74, 6) is -0.692. The van der Waals surface area contributed by atoms with Gasteiger partial charge in [-0.25, -0.2) is 4.39 Å². The van der Waals surface area contributed by atoms with Gasteiger partial charge in [0.2, 0.25) is 11.8 Å². The van der Waals surface area contributed by atoms with E-state index in [1.165, 1.54) is 12.1 Å². The normalized spacial score (nSPS) is 16.2. The molecule has 2 aromatic rings. The molecule has 0 spiro atoms. The molecule has 148 valence electrons. The number of likely N-dealkylation sites (tertiary alicyclic amines) is 1. The molecule has 1 saturated heterocycles. The molecule has 0 bridgehead atoms. The lowest BCUT2D eigenvalue weighted by atomic mass is 9.96. The fourth-order valence-electron chi connectivity index (χ4n) is 3.80. The molecule has 1 aliphatic rings. The number of piperidine rings is 1. The molecule has 1 unspecified atom stereocenters. The number of primary amides is 1. The molecule has 6 heteroatoms. The Bertz CT molecular complexity index is 802. The molecule has 0 radical (unpaired) electrons. The number of nitrogens with zero attached hydrogens (tertiary/aromatic N) is 2. The van der Waals surface area contributed by atoms with E-state index < -0.39 is 0 Å². The average Bonchev–Trinajstić information content (AvgIpc) is 2.70. The highest BCUT2D eigenvalue weighted by atomic mass is 19.1. The summed E-state index contributed by atoms with van der Waals surface area (Å²) in [4.78, 5) is 27.9. The zero-order valence-electron chi connectivity index (χ0n) is 16.1. The van der Waals surface area contributed by atoms with Crippen LogP contribution in [0.25, 0.3) is 0 Å². The molecule has 2 N–H and O–H groups in total. The fraction of sp³-hybridized carbons (Fsp3) is 0.364. The van der Waals surface area contributed by atoms with Gasteiger partial charge in [-0.1, -0.05) is 42.5 Å². The van der Waals surface area contributed by atoms with Gasteiger partial charge in [0, 0.05) is 19.0 Å². The third kappa shape index (κ3) is 4.75. The predicted octanol–water partition coefficient (Wildman–Crippen LogP) is 2.57. The van der Waals surface area contributed by atoms with Gasteiger partial charge in [0.25, 0.3) is 0 Å². The summed E-state index contributed by atoms with van der Waals surface area (Å²) in [6.07, 6.45) is 1.23. The Morgan fingerprint density at radius 2 is 1.64 bits per heavy atom. The van der Waals surface area contributed by atoms with E-state index >= 15 is 0 Å². The maximum absolute atomic E-state index is 13.4. The quantitative estimate of drug-likeness (QED) is 0.834. The van der Waals surface area contributed by atoms with Crippen molar-refractivity contribution >= 4 is 11.8 Å². The fourth-order valence-corrected chi connectivity index (χ4v) is 3.80. The van der Waals surface area contributed by atoms with Gasteiger partial charge in [-0.3, -0.25) is 14.5 Å². The number of likely N-dealkylation sites (N-methyl/N-ethyl adjacent to an activating group) is 1. The number of hydrogen-bond acceptors (Lipinski definition) is 3. The van der Waals surface area contributed by atoms with Crippen molar-refractivity contribution in [3.05, 3.63) is 71.5 Å². The number of rotatable bonds is 6. The Kier molecular flexibility index (Phi) is 6.41. The molecule has 3 rings (SSSR count). The minimum Gasteiger partial charge on any atom is -0.369 e. The van der Waals surface area contributed by atoms with Gasteiger partial charge >= 0.3 is 0 Å². The van der Waals surface area contributed by atoms with Gasteiger partial charge in [0.15, 0.2) is 0 Å². The van der Waals surface area contributed by atoms with E-state index in [0.717, 1.165) is 11.1 Å². The van der Waals surface area contributed by atoms with E-state index in [9.17, 15) is 14.0 Å². The topological polar surface area (TPSA) is 66.6 Å². The van der Waals surface area contributed by atoms with Crippen molar-refractivity contribution in [2.75, 3.05) is 26.7 Å². The van der Waals surface area contributed by atoms with E-state index in [1.54, 1.807) is 17.0 Å². The Labute approximate surface area is 164 Å². The highest BCUT2D eigenvalue weighted by Crippen LogP contribution is 2.28. The second-order valence-electron chi connectivity index (χ2n) is 7.34. The number of halogens is 1. The van der Waals surface area contributed by atoms with Crippen LogP contribution in [0.1, 0.15) is 30.0 Å². The van der Waals surface area contributed by atoms with Gasteiger partial charge < -0.3 is 10.6 Å². The van der Waals surface area contributed by atoms with Crippen molar-refractivity contribution in [1.29, 1.82) is 0 Å². The van der Waals surface area contributed by atoms with Crippen molar-refractivity contribution in [3.8, 4) is 0 Å². The Balaban J connectivity index is 1.73. The average molecular weight is 383 g/mol. The summed E-state index contributed by atoms with van der Waals surface area (Å²) in [5, 5.41) is 0. The van der Waals surface area contributed by atoms with E-state index in [4.69, 9.17) is 5.73 Å². The summed E-state index contributed by atoms with van der Waals surface area (Å²) in [6.45, 7) is 1.33. The van der Waals surface area contributed by atoms with E-state index in [-0.39, 0.29) is 36.1 Å². The van der Waals surface area contributed by atoms with Gasteiger partial charge in [0.05, 0.1) is 12.6 Å². The smallest absolute Gasteiger partial charge is 0.236 e. The number of carbonyl (C=O) groups excluding carboxylic acids is 2. The molecule has 5 nitrogen and oxygen atoms in total. The lowest BCUT2D eigenvalue weighted by Crippen LogP contribution is -2.45. The number of hydrogen-bond donors (Lipinski definition) is 1. The van der Waals surface area contributed by atoms with E-state index in [0.29, 0.717) is 25.9 Å². The molecule has 28 heavy (non-hydrogen) atoms. The number of nitrogens with two attached hydrogens (primary N) is 1. The van der Waals surface area contributed by atoms with Crippen molar-refractivity contribution < 1.29 is 14.0 Å². The first-order chi connectivity index (χ1) is 13.5. The highest BCUT2D eigenvalue weighted by Gasteiger charge is 2.28. The minimum atomic E-state index is -0.287.